The number of unbranched alkanes of at least 4 members (excludes halogenated alkanes) is 1. The number of aromatic nitrogens is 2. The summed E-state index contributed by atoms with van der Waals surface area (Å²) in [6.45, 7) is 1.88. The van der Waals surface area contributed by atoms with Gasteiger partial charge in [-0.05, 0) is 6.42 Å². The van der Waals surface area contributed by atoms with Gasteiger partial charge in [0.25, 0.3) is 0 Å². The molecule has 18 heavy (non-hydrogen) atoms. The molecule has 1 rings (SSSR count). The van der Waals surface area contributed by atoms with Crippen LogP contribution in [0.4, 0.5) is 5.69 Å². The summed E-state index contributed by atoms with van der Waals surface area (Å²) in [4.78, 5) is 35.7. The van der Waals surface area contributed by atoms with Crippen molar-refractivity contribution < 1.29 is 14.8 Å². The van der Waals surface area contributed by atoms with Crippen molar-refractivity contribution in [1.82, 2.24) is 9.55 Å². The van der Waals surface area contributed by atoms with E-state index in [9.17, 15) is 19.7 Å². The molecule has 0 radical (unpaired) electrons. The minimum absolute atomic E-state index is 0.231. The minimum Gasteiger partial charge on any atom is -0.480 e. The predicted octanol–water partition coefficient (Wildman–Crippen LogP) is 0.967. The molecule has 0 saturated heterocycles. The average Bonchev–Trinajstić information content (AvgIpc) is 2.31. The number of carboxylic acid groups (broad SMARTS) is 1. The van der Waals surface area contributed by atoms with Gasteiger partial charge < -0.3 is 5.11 Å². The lowest BCUT2D eigenvalue weighted by Gasteiger charge is -2.13. The maximum atomic E-state index is 11.5. The molecule has 0 spiro atoms. The first-order valence-electron chi connectivity index (χ1n) is 5.42. The number of nitrogens with zero attached hydrogens (tertiary/aromatic N) is 3. The van der Waals surface area contributed by atoms with Crippen LogP contribution < -0.4 is 5.69 Å². The van der Waals surface area contributed by atoms with Crippen molar-refractivity contribution in [1.29, 1.82) is 0 Å². The molecule has 0 fully saturated rings. The fourth-order valence-electron chi connectivity index (χ4n) is 1.52. The summed E-state index contributed by atoms with van der Waals surface area (Å²) in [5, 5.41) is 19.6. The Hall–Kier alpha value is -2.25. The van der Waals surface area contributed by atoms with Crippen LogP contribution in [0.25, 0.3) is 0 Å². The molecule has 1 atom stereocenters. The molecular weight excluding hydrogens is 242 g/mol. The Morgan fingerprint density at radius 1 is 1.67 bits per heavy atom. The molecule has 0 aromatic carbocycles. The van der Waals surface area contributed by atoms with E-state index in [0.29, 0.717) is 6.42 Å². The number of aliphatic carboxylic acids is 1. The highest BCUT2D eigenvalue weighted by Crippen LogP contribution is 2.16. The van der Waals surface area contributed by atoms with Gasteiger partial charge in [0.1, 0.15) is 12.2 Å². The van der Waals surface area contributed by atoms with Gasteiger partial charge in [0.2, 0.25) is 0 Å². The monoisotopic (exact) mass is 255 g/mol. The number of rotatable bonds is 6. The molecule has 98 valence electrons. The lowest BCUT2D eigenvalue weighted by molar-refractivity contribution is -0.385. The second-order valence-electron chi connectivity index (χ2n) is 3.76. The maximum absolute atomic E-state index is 11.5. The molecule has 1 unspecified atom stereocenters. The maximum Gasteiger partial charge on any atom is 0.348 e. The molecule has 1 heterocycles. The number of hydrogen-bond donors (Lipinski definition) is 1. The van der Waals surface area contributed by atoms with E-state index < -0.39 is 28.3 Å². The summed E-state index contributed by atoms with van der Waals surface area (Å²) in [7, 11) is 0. The van der Waals surface area contributed by atoms with Gasteiger partial charge in [0.15, 0.2) is 0 Å². The Labute approximate surface area is 102 Å². The Kier molecular flexibility index (Phi) is 4.52. The van der Waals surface area contributed by atoms with E-state index in [1.807, 2.05) is 6.92 Å². The molecule has 0 amide bonds. The molecule has 1 N–H and O–H groups in total. The van der Waals surface area contributed by atoms with E-state index in [-0.39, 0.29) is 6.42 Å². The summed E-state index contributed by atoms with van der Waals surface area (Å²) >= 11 is 0. The van der Waals surface area contributed by atoms with Gasteiger partial charge in [-0.3, -0.25) is 14.7 Å². The third kappa shape index (κ3) is 3.12. The summed E-state index contributed by atoms with van der Waals surface area (Å²) in [5.74, 6) is -1.20. The van der Waals surface area contributed by atoms with Crippen LogP contribution in [0.5, 0.6) is 0 Å². The molecule has 0 aliphatic carbocycles. The van der Waals surface area contributed by atoms with E-state index in [0.717, 1.165) is 23.4 Å². The van der Waals surface area contributed by atoms with Crippen LogP contribution in [-0.2, 0) is 4.79 Å². The topological polar surface area (TPSA) is 115 Å². The third-order valence-corrected chi connectivity index (χ3v) is 2.46. The van der Waals surface area contributed by atoms with Crippen LogP contribution in [0, 0.1) is 10.1 Å². The van der Waals surface area contributed by atoms with Gasteiger partial charge in [-0.1, -0.05) is 19.8 Å². The zero-order valence-corrected chi connectivity index (χ0v) is 9.78. The van der Waals surface area contributed by atoms with E-state index in [2.05, 4.69) is 4.98 Å². The zero-order valence-electron chi connectivity index (χ0n) is 9.78. The molecule has 1 aromatic rings. The first kappa shape index (κ1) is 13.8. The van der Waals surface area contributed by atoms with Crippen LogP contribution >= 0.6 is 0 Å². The second-order valence-corrected chi connectivity index (χ2v) is 3.76. The molecule has 1 aromatic heterocycles. The number of carboxylic acids is 1. The smallest absolute Gasteiger partial charge is 0.348 e. The van der Waals surface area contributed by atoms with Crippen LogP contribution in [0.15, 0.2) is 17.2 Å². The average molecular weight is 255 g/mol. The van der Waals surface area contributed by atoms with Crippen molar-refractivity contribution in [3.8, 4) is 0 Å². The van der Waals surface area contributed by atoms with Crippen LogP contribution in [0.1, 0.15) is 32.2 Å². The largest absolute Gasteiger partial charge is 0.480 e. The van der Waals surface area contributed by atoms with E-state index in [4.69, 9.17) is 5.11 Å². The van der Waals surface area contributed by atoms with Crippen molar-refractivity contribution in [2.24, 2.45) is 0 Å². The summed E-state index contributed by atoms with van der Waals surface area (Å²) in [6, 6.07) is -1.12. The van der Waals surface area contributed by atoms with E-state index in [1.54, 1.807) is 0 Å². The number of carbonyl (C=O) groups is 1. The number of nitro groups is 1. The summed E-state index contributed by atoms with van der Waals surface area (Å²) < 4.78 is 0.802. The van der Waals surface area contributed by atoms with Crippen molar-refractivity contribution in [3.05, 3.63) is 33.0 Å². The summed E-state index contributed by atoms with van der Waals surface area (Å²) in [5.41, 5.74) is -1.21. The Morgan fingerprint density at radius 3 is 2.83 bits per heavy atom. The minimum atomic E-state index is -1.20. The molecule has 0 aliphatic rings. The summed E-state index contributed by atoms with van der Waals surface area (Å²) in [6.07, 6.45) is 3.34. The second kappa shape index (κ2) is 5.89. The van der Waals surface area contributed by atoms with E-state index >= 15 is 0 Å². The molecular formula is C10H13N3O5. The SMILES string of the molecule is CCCCC(C(=O)O)n1cc([N+](=O)[O-])cnc1=O. The Bertz CT molecular complexity index is 510. The van der Waals surface area contributed by atoms with Gasteiger partial charge in [0, 0.05) is 0 Å². The van der Waals surface area contributed by atoms with Crippen molar-refractivity contribution >= 4 is 11.7 Å². The van der Waals surface area contributed by atoms with Gasteiger partial charge in [-0.2, -0.15) is 4.98 Å². The number of hydrogen-bond acceptors (Lipinski definition) is 5. The fourth-order valence-corrected chi connectivity index (χ4v) is 1.52. The van der Waals surface area contributed by atoms with Crippen molar-refractivity contribution in [2.45, 2.75) is 32.2 Å². The van der Waals surface area contributed by atoms with Gasteiger partial charge in [-0.15, -0.1) is 0 Å². The highest BCUT2D eigenvalue weighted by Gasteiger charge is 2.22. The van der Waals surface area contributed by atoms with Crippen molar-refractivity contribution in [2.75, 3.05) is 0 Å². The first-order chi connectivity index (χ1) is 8.47. The Balaban J connectivity index is 3.18. The highest BCUT2D eigenvalue weighted by molar-refractivity contribution is 5.71. The Morgan fingerprint density at radius 2 is 2.33 bits per heavy atom. The van der Waals surface area contributed by atoms with E-state index in [1.165, 1.54) is 0 Å². The lowest BCUT2D eigenvalue weighted by Crippen LogP contribution is -2.31. The predicted molar refractivity (Wildman–Crippen MR) is 61.3 cm³/mol. The van der Waals surface area contributed by atoms with Crippen molar-refractivity contribution in [3.63, 3.8) is 0 Å². The molecule has 8 heteroatoms. The van der Waals surface area contributed by atoms with Crippen LogP contribution in [0.2, 0.25) is 0 Å². The molecule has 0 saturated carbocycles. The van der Waals surface area contributed by atoms with Gasteiger partial charge in [0.05, 0.1) is 11.1 Å². The normalized spacial score (nSPS) is 12.1. The third-order valence-electron chi connectivity index (χ3n) is 2.46. The van der Waals surface area contributed by atoms with Crippen LogP contribution in [0.3, 0.4) is 0 Å². The fraction of sp³-hybridized carbons (Fsp3) is 0.500. The van der Waals surface area contributed by atoms with Gasteiger partial charge >= 0.3 is 17.3 Å². The standard InChI is InChI=1S/C10H13N3O5/c1-2-3-4-8(9(14)15)12-6-7(13(17)18)5-11-10(12)16/h5-6,8H,2-4H2,1H3,(H,14,15). The molecule has 0 bridgehead atoms. The lowest BCUT2D eigenvalue weighted by atomic mass is 10.1. The molecule has 8 nitrogen and oxygen atoms in total. The highest BCUT2D eigenvalue weighted by atomic mass is 16.6. The quantitative estimate of drug-likeness (QED) is 0.598. The zero-order chi connectivity index (χ0) is 13.7. The molecule has 0 aliphatic heterocycles. The first-order valence-corrected chi connectivity index (χ1v) is 5.42. The van der Waals surface area contributed by atoms with Gasteiger partial charge in [-0.25, -0.2) is 9.59 Å². The van der Waals surface area contributed by atoms with Crippen LogP contribution in [-0.4, -0.2) is 25.6 Å².